The molecule has 0 saturated carbocycles. The van der Waals surface area contributed by atoms with E-state index in [0.717, 1.165) is 17.9 Å². The van der Waals surface area contributed by atoms with Crippen LogP contribution in [-0.2, 0) is 22.5 Å². The Kier molecular flexibility index (Phi) is 4.99. The number of para-hydroxylation sites is 1. The monoisotopic (exact) mass is 367 g/mol. The van der Waals surface area contributed by atoms with Gasteiger partial charge in [0, 0.05) is 42.6 Å². The Hall–Kier alpha value is -2.60. The van der Waals surface area contributed by atoms with E-state index < -0.39 is 0 Å². The molecule has 1 amide bonds. The Bertz CT molecular complexity index is 943. The van der Waals surface area contributed by atoms with Crippen molar-refractivity contribution in [3.8, 4) is 0 Å². The van der Waals surface area contributed by atoms with Crippen LogP contribution in [0.25, 0.3) is 10.9 Å². The van der Waals surface area contributed by atoms with Gasteiger partial charge in [0.15, 0.2) is 0 Å². The number of fused-ring (bicyclic) bond motifs is 1. The zero-order valence-electron chi connectivity index (χ0n) is 15.8. The molecule has 3 heterocycles. The number of amides is 1. The van der Waals surface area contributed by atoms with Crippen molar-refractivity contribution in [1.82, 2.24) is 15.0 Å². The van der Waals surface area contributed by atoms with E-state index in [-0.39, 0.29) is 17.9 Å². The highest BCUT2D eigenvalue weighted by atomic mass is 16.5. The lowest BCUT2D eigenvalue weighted by atomic mass is 9.98. The number of nitrogens with one attached hydrogen (secondary N) is 1. The third kappa shape index (κ3) is 3.90. The fraction of sp³-hybridized carbons (Fsp3) is 0.429. The molecule has 0 radical (unpaired) electrons. The SMILES string of the molecule is Cc1cc(CC2COCC2NC(=O)CCn2c(C)cc3ccccc32)on1. The number of nitrogens with zero attached hydrogens (tertiary/aromatic N) is 2. The van der Waals surface area contributed by atoms with E-state index >= 15 is 0 Å². The summed E-state index contributed by atoms with van der Waals surface area (Å²) in [6.07, 6.45) is 1.18. The van der Waals surface area contributed by atoms with Crippen LogP contribution in [0.4, 0.5) is 0 Å². The Balaban J connectivity index is 1.35. The number of hydrogen-bond acceptors (Lipinski definition) is 4. The van der Waals surface area contributed by atoms with Crippen LogP contribution in [0.1, 0.15) is 23.6 Å². The van der Waals surface area contributed by atoms with Crippen molar-refractivity contribution in [2.75, 3.05) is 13.2 Å². The molecule has 6 heteroatoms. The summed E-state index contributed by atoms with van der Waals surface area (Å²) in [7, 11) is 0. The fourth-order valence-electron chi connectivity index (χ4n) is 3.87. The molecule has 1 aliphatic rings. The van der Waals surface area contributed by atoms with Crippen LogP contribution >= 0.6 is 0 Å². The maximum atomic E-state index is 12.5. The third-order valence-electron chi connectivity index (χ3n) is 5.27. The van der Waals surface area contributed by atoms with Crippen molar-refractivity contribution in [2.24, 2.45) is 5.92 Å². The van der Waals surface area contributed by atoms with Crippen molar-refractivity contribution in [2.45, 2.75) is 39.3 Å². The molecule has 1 aromatic carbocycles. The van der Waals surface area contributed by atoms with Crippen molar-refractivity contribution >= 4 is 16.8 Å². The standard InChI is InChI=1S/C21H25N3O3/c1-14-9-18(27-23-14)11-17-12-26-13-19(17)22-21(25)7-8-24-15(2)10-16-5-3-4-6-20(16)24/h3-6,9-10,17,19H,7-8,11-13H2,1-2H3,(H,22,25). The fourth-order valence-corrected chi connectivity index (χ4v) is 3.87. The van der Waals surface area contributed by atoms with Gasteiger partial charge in [-0.15, -0.1) is 0 Å². The molecule has 0 aliphatic carbocycles. The number of carbonyl (C=O) groups is 1. The number of benzene rings is 1. The lowest BCUT2D eigenvalue weighted by molar-refractivity contribution is -0.122. The van der Waals surface area contributed by atoms with E-state index in [1.165, 1.54) is 16.6 Å². The predicted molar refractivity (Wildman–Crippen MR) is 102 cm³/mol. The first-order valence-corrected chi connectivity index (χ1v) is 9.44. The Morgan fingerprint density at radius 3 is 2.93 bits per heavy atom. The first-order valence-electron chi connectivity index (χ1n) is 9.44. The van der Waals surface area contributed by atoms with Gasteiger partial charge >= 0.3 is 0 Å². The number of hydrogen-bond donors (Lipinski definition) is 1. The highest BCUT2D eigenvalue weighted by Crippen LogP contribution is 2.21. The molecule has 142 valence electrons. The summed E-state index contributed by atoms with van der Waals surface area (Å²) in [5, 5.41) is 8.29. The van der Waals surface area contributed by atoms with Crippen LogP contribution in [0, 0.1) is 19.8 Å². The van der Waals surface area contributed by atoms with E-state index in [1.807, 2.05) is 25.1 Å². The molecule has 0 spiro atoms. The summed E-state index contributed by atoms with van der Waals surface area (Å²) >= 11 is 0. The third-order valence-corrected chi connectivity index (χ3v) is 5.27. The second kappa shape index (κ2) is 7.56. The lowest BCUT2D eigenvalue weighted by Gasteiger charge is -2.18. The molecule has 4 rings (SSSR count). The number of ether oxygens (including phenoxy) is 1. The zero-order chi connectivity index (χ0) is 18.8. The van der Waals surface area contributed by atoms with Gasteiger partial charge < -0.3 is 19.1 Å². The predicted octanol–water partition coefficient (Wildman–Crippen LogP) is 3.01. The van der Waals surface area contributed by atoms with Gasteiger partial charge in [0.25, 0.3) is 0 Å². The number of carbonyl (C=O) groups excluding carboxylic acids is 1. The molecule has 2 aromatic heterocycles. The number of rotatable bonds is 6. The maximum Gasteiger partial charge on any atom is 0.222 e. The Morgan fingerprint density at radius 2 is 2.11 bits per heavy atom. The van der Waals surface area contributed by atoms with Crippen LogP contribution in [-0.4, -0.2) is 34.9 Å². The smallest absolute Gasteiger partial charge is 0.222 e. The zero-order valence-corrected chi connectivity index (χ0v) is 15.8. The molecular weight excluding hydrogens is 342 g/mol. The van der Waals surface area contributed by atoms with Gasteiger partial charge in [-0.1, -0.05) is 23.4 Å². The summed E-state index contributed by atoms with van der Waals surface area (Å²) in [6, 6.07) is 12.4. The molecule has 2 atom stereocenters. The van der Waals surface area contributed by atoms with Crippen LogP contribution in [0.5, 0.6) is 0 Å². The second-order valence-electron chi connectivity index (χ2n) is 7.36. The summed E-state index contributed by atoms with van der Waals surface area (Å²) < 4.78 is 13.1. The van der Waals surface area contributed by atoms with Gasteiger partial charge in [0.2, 0.25) is 5.91 Å². The highest BCUT2D eigenvalue weighted by Gasteiger charge is 2.30. The first-order chi connectivity index (χ1) is 13.1. The molecule has 3 aromatic rings. The van der Waals surface area contributed by atoms with Crippen LogP contribution in [0.3, 0.4) is 0 Å². The van der Waals surface area contributed by atoms with Crippen molar-refractivity contribution in [1.29, 1.82) is 0 Å². The quantitative estimate of drug-likeness (QED) is 0.727. The lowest BCUT2D eigenvalue weighted by Crippen LogP contribution is -2.40. The van der Waals surface area contributed by atoms with Gasteiger partial charge in [0.1, 0.15) is 5.76 Å². The van der Waals surface area contributed by atoms with Crippen molar-refractivity contribution in [3.05, 3.63) is 53.5 Å². The number of aryl methyl sites for hydroxylation is 3. The van der Waals surface area contributed by atoms with E-state index in [9.17, 15) is 4.79 Å². The average Bonchev–Trinajstić information content (AvgIpc) is 3.33. The molecule has 6 nitrogen and oxygen atoms in total. The molecule has 1 saturated heterocycles. The molecule has 0 bridgehead atoms. The Morgan fingerprint density at radius 1 is 1.26 bits per heavy atom. The summed E-state index contributed by atoms with van der Waals surface area (Å²) in [5.74, 6) is 1.12. The number of aromatic nitrogens is 2. The maximum absolute atomic E-state index is 12.5. The topological polar surface area (TPSA) is 69.3 Å². The summed E-state index contributed by atoms with van der Waals surface area (Å²) in [5.41, 5.74) is 3.22. The Labute approximate surface area is 158 Å². The largest absolute Gasteiger partial charge is 0.379 e. The molecule has 1 fully saturated rings. The van der Waals surface area contributed by atoms with Crippen molar-refractivity contribution in [3.63, 3.8) is 0 Å². The van der Waals surface area contributed by atoms with E-state index in [1.54, 1.807) is 0 Å². The average molecular weight is 367 g/mol. The van der Waals surface area contributed by atoms with E-state index in [0.29, 0.717) is 26.2 Å². The molecule has 1 N–H and O–H groups in total. The minimum absolute atomic E-state index is 0.0189. The van der Waals surface area contributed by atoms with Gasteiger partial charge in [0.05, 0.1) is 24.9 Å². The van der Waals surface area contributed by atoms with Crippen molar-refractivity contribution < 1.29 is 14.1 Å². The van der Waals surface area contributed by atoms with Crippen LogP contribution in [0.15, 0.2) is 40.9 Å². The molecule has 1 aliphatic heterocycles. The second-order valence-corrected chi connectivity index (χ2v) is 7.36. The van der Waals surface area contributed by atoms with Gasteiger partial charge in [-0.25, -0.2) is 0 Å². The van der Waals surface area contributed by atoms with E-state index in [4.69, 9.17) is 9.26 Å². The van der Waals surface area contributed by atoms with E-state index in [2.05, 4.69) is 40.2 Å². The minimum atomic E-state index is 0.0189. The summed E-state index contributed by atoms with van der Waals surface area (Å²) in [6.45, 7) is 5.84. The molecule has 2 unspecified atom stereocenters. The van der Waals surface area contributed by atoms with Gasteiger partial charge in [-0.2, -0.15) is 0 Å². The molecule has 27 heavy (non-hydrogen) atoms. The van der Waals surface area contributed by atoms with Gasteiger partial charge in [-0.05, 0) is 31.4 Å². The normalized spacial score (nSPS) is 19.6. The summed E-state index contributed by atoms with van der Waals surface area (Å²) in [4.78, 5) is 12.5. The highest BCUT2D eigenvalue weighted by molar-refractivity contribution is 5.81. The first kappa shape index (κ1) is 17.8. The van der Waals surface area contributed by atoms with Crippen LogP contribution in [0.2, 0.25) is 0 Å². The minimum Gasteiger partial charge on any atom is -0.379 e. The van der Waals surface area contributed by atoms with Gasteiger partial charge in [-0.3, -0.25) is 4.79 Å². The van der Waals surface area contributed by atoms with Crippen LogP contribution < -0.4 is 5.32 Å². The molecular formula is C21H25N3O3.